The van der Waals surface area contributed by atoms with Crippen molar-refractivity contribution in [1.82, 2.24) is 15.1 Å². The molecule has 0 bridgehead atoms. The lowest BCUT2D eigenvalue weighted by Gasteiger charge is -2.26. The van der Waals surface area contributed by atoms with Crippen LogP contribution in [-0.2, 0) is 16.5 Å². The fraction of sp³-hybridized carbons (Fsp3) is 0.727. The van der Waals surface area contributed by atoms with E-state index in [1.807, 2.05) is 7.05 Å². The van der Waals surface area contributed by atoms with Crippen LogP contribution in [0, 0.1) is 0 Å². The highest BCUT2D eigenvalue weighted by atomic mass is 35.5. The molecule has 17 heavy (non-hydrogen) atoms. The van der Waals surface area contributed by atoms with Crippen molar-refractivity contribution in [3.05, 3.63) is 16.9 Å². The summed E-state index contributed by atoms with van der Waals surface area (Å²) in [5, 5.41) is 8.10. The number of hydrogen-bond acceptors (Lipinski definition) is 4. The third-order valence-corrected chi connectivity index (χ3v) is 2.87. The molecule has 98 valence electrons. The highest BCUT2D eigenvalue weighted by Crippen LogP contribution is 2.26. The third kappa shape index (κ3) is 3.42. The molecule has 0 saturated heterocycles. The van der Waals surface area contributed by atoms with E-state index in [1.54, 1.807) is 25.1 Å². The Morgan fingerprint density at radius 3 is 2.53 bits per heavy atom. The Kier molecular flexibility index (Phi) is 5.91. The highest BCUT2D eigenvalue weighted by Gasteiger charge is 2.27. The molecule has 0 amide bonds. The van der Waals surface area contributed by atoms with Crippen molar-refractivity contribution in [2.24, 2.45) is 7.05 Å². The minimum absolute atomic E-state index is 0.134. The molecule has 0 aliphatic rings. The van der Waals surface area contributed by atoms with Gasteiger partial charge in [0.25, 0.3) is 0 Å². The van der Waals surface area contributed by atoms with Gasteiger partial charge in [-0.15, -0.1) is 0 Å². The molecule has 5 nitrogen and oxygen atoms in total. The van der Waals surface area contributed by atoms with Crippen LogP contribution in [0.25, 0.3) is 0 Å². The first-order valence-electron chi connectivity index (χ1n) is 5.62. The van der Waals surface area contributed by atoms with E-state index in [-0.39, 0.29) is 6.04 Å². The van der Waals surface area contributed by atoms with Crippen LogP contribution in [0.15, 0.2) is 6.20 Å². The SMILES string of the molecule is CCCNC(c1c(Cl)cnn1C)C(OC)OC. The lowest BCUT2D eigenvalue weighted by Crippen LogP contribution is -2.36. The Balaban J connectivity index is 2.96. The average molecular weight is 262 g/mol. The first-order chi connectivity index (χ1) is 8.15. The molecular formula is C11H20ClN3O2. The van der Waals surface area contributed by atoms with Gasteiger partial charge in [-0.25, -0.2) is 0 Å². The average Bonchev–Trinajstić information content (AvgIpc) is 2.65. The molecule has 1 aromatic heterocycles. The predicted octanol–water partition coefficient (Wildman–Crippen LogP) is 1.73. The van der Waals surface area contributed by atoms with Crippen LogP contribution in [0.5, 0.6) is 0 Å². The van der Waals surface area contributed by atoms with Crippen molar-refractivity contribution in [2.45, 2.75) is 25.7 Å². The Bertz CT molecular complexity index is 320. The minimum atomic E-state index is -0.394. The summed E-state index contributed by atoms with van der Waals surface area (Å²) in [5.41, 5.74) is 0.869. The molecule has 0 spiro atoms. The summed E-state index contributed by atoms with van der Waals surface area (Å²) in [7, 11) is 5.07. The van der Waals surface area contributed by atoms with Crippen LogP contribution < -0.4 is 5.32 Å². The molecule has 0 fully saturated rings. The maximum atomic E-state index is 6.14. The van der Waals surface area contributed by atoms with Crippen LogP contribution in [-0.4, -0.2) is 36.8 Å². The van der Waals surface area contributed by atoms with E-state index in [1.165, 1.54) is 0 Å². The number of nitrogens with one attached hydrogen (secondary N) is 1. The second kappa shape index (κ2) is 6.96. The lowest BCUT2D eigenvalue weighted by atomic mass is 10.2. The summed E-state index contributed by atoms with van der Waals surface area (Å²) in [6, 6.07) is -0.134. The fourth-order valence-corrected chi connectivity index (χ4v) is 2.04. The third-order valence-electron chi connectivity index (χ3n) is 2.58. The number of nitrogens with zero attached hydrogens (tertiary/aromatic N) is 2. The van der Waals surface area contributed by atoms with Gasteiger partial charge in [0, 0.05) is 21.3 Å². The summed E-state index contributed by atoms with van der Waals surface area (Å²) in [4.78, 5) is 0. The van der Waals surface area contributed by atoms with Gasteiger partial charge >= 0.3 is 0 Å². The molecule has 1 aromatic rings. The van der Waals surface area contributed by atoms with Crippen molar-refractivity contribution in [2.75, 3.05) is 20.8 Å². The van der Waals surface area contributed by atoms with Gasteiger partial charge in [-0.1, -0.05) is 18.5 Å². The summed E-state index contributed by atoms with van der Waals surface area (Å²) in [5.74, 6) is 0. The summed E-state index contributed by atoms with van der Waals surface area (Å²) in [6.07, 6.45) is 2.25. The molecule has 1 heterocycles. The molecule has 6 heteroatoms. The zero-order chi connectivity index (χ0) is 12.8. The molecule has 0 aromatic carbocycles. The number of methoxy groups -OCH3 is 2. The number of hydrogen-bond donors (Lipinski definition) is 1. The number of aromatic nitrogens is 2. The van der Waals surface area contributed by atoms with Crippen LogP contribution in [0.3, 0.4) is 0 Å². The maximum Gasteiger partial charge on any atom is 0.177 e. The summed E-state index contributed by atoms with van der Waals surface area (Å²) < 4.78 is 12.4. The van der Waals surface area contributed by atoms with E-state index in [2.05, 4.69) is 17.3 Å². The van der Waals surface area contributed by atoms with E-state index >= 15 is 0 Å². The minimum Gasteiger partial charge on any atom is -0.354 e. The Morgan fingerprint density at radius 1 is 1.47 bits per heavy atom. The van der Waals surface area contributed by atoms with Crippen molar-refractivity contribution in [3.63, 3.8) is 0 Å². The molecule has 0 radical (unpaired) electrons. The Labute approximate surface area is 107 Å². The molecule has 1 rings (SSSR count). The van der Waals surface area contributed by atoms with E-state index < -0.39 is 6.29 Å². The normalized spacial score (nSPS) is 13.3. The van der Waals surface area contributed by atoms with Gasteiger partial charge < -0.3 is 14.8 Å². The largest absolute Gasteiger partial charge is 0.354 e. The monoisotopic (exact) mass is 261 g/mol. The Morgan fingerprint density at radius 2 is 2.12 bits per heavy atom. The molecule has 1 atom stereocenters. The van der Waals surface area contributed by atoms with Gasteiger partial charge in [-0.05, 0) is 13.0 Å². The van der Waals surface area contributed by atoms with E-state index in [0.717, 1.165) is 18.7 Å². The smallest absolute Gasteiger partial charge is 0.177 e. The maximum absolute atomic E-state index is 6.14. The van der Waals surface area contributed by atoms with Crippen LogP contribution in [0.4, 0.5) is 0 Å². The van der Waals surface area contributed by atoms with Crippen LogP contribution in [0.2, 0.25) is 5.02 Å². The summed E-state index contributed by atoms with van der Waals surface area (Å²) in [6.45, 7) is 2.96. The first kappa shape index (κ1) is 14.4. The van der Waals surface area contributed by atoms with Gasteiger partial charge in [-0.2, -0.15) is 5.10 Å². The lowest BCUT2D eigenvalue weighted by molar-refractivity contribution is -0.125. The highest BCUT2D eigenvalue weighted by molar-refractivity contribution is 6.31. The number of aryl methyl sites for hydroxylation is 1. The van der Waals surface area contributed by atoms with Gasteiger partial charge in [0.05, 0.1) is 16.9 Å². The summed E-state index contributed by atoms with van der Waals surface area (Å²) >= 11 is 6.14. The van der Waals surface area contributed by atoms with Gasteiger partial charge in [0.1, 0.15) is 6.04 Å². The number of rotatable bonds is 7. The topological polar surface area (TPSA) is 48.3 Å². The van der Waals surface area contributed by atoms with Gasteiger partial charge in [0.15, 0.2) is 6.29 Å². The molecule has 0 saturated carbocycles. The van der Waals surface area contributed by atoms with Crippen LogP contribution in [0.1, 0.15) is 25.1 Å². The van der Waals surface area contributed by atoms with E-state index in [4.69, 9.17) is 21.1 Å². The second-order valence-corrected chi connectivity index (χ2v) is 4.18. The number of halogens is 1. The first-order valence-corrected chi connectivity index (χ1v) is 5.99. The molecule has 1 N–H and O–H groups in total. The molecule has 0 aliphatic heterocycles. The van der Waals surface area contributed by atoms with Gasteiger partial charge in [-0.3, -0.25) is 4.68 Å². The zero-order valence-electron chi connectivity index (χ0n) is 10.7. The zero-order valence-corrected chi connectivity index (χ0v) is 11.5. The predicted molar refractivity (Wildman–Crippen MR) is 67.1 cm³/mol. The molecule has 1 unspecified atom stereocenters. The molecular weight excluding hydrogens is 242 g/mol. The van der Waals surface area contributed by atoms with E-state index in [0.29, 0.717) is 5.02 Å². The fourth-order valence-electron chi connectivity index (χ4n) is 1.76. The standard InChI is InChI=1S/C11H20ClN3O2/c1-5-6-13-9(11(16-3)17-4)10-8(12)7-14-15(10)2/h7,9,11,13H,5-6H2,1-4H3. The van der Waals surface area contributed by atoms with Crippen LogP contribution >= 0.6 is 11.6 Å². The van der Waals surface area contributed by atoms with Crippen molar-refractivity contribution in [3.8, 4) is 0 Å². The van der Waals surface area contributed by atoms with Crippen molar-refractivity contribution in [1.29, 1.82) is 0 Å². The van der Waals surface area contributed by atoms with Crippen molar-refractivity contribution < 1.29 is 9.47 Å². The van der Waals surface area contributed by atoms with Crippen molar-refractivity contribution >= 4 is 11.6 Å². The van der Waals surface area contributed by atoms with Gasteiger partial charge in [0.2, 0.25) is 0 Å². The second-order valence-electron chi connectivity index (χ2n) is 3.77. The number of ether oxygens (including phenoxy) is 2. The molecule has 0 aliphatic carbocycles. The Hall–Kier alpha value is -0.620. The van der Waals surface area contributed by atoms with E-state index in [9.17, 15) is 0 Å². The quantitative estimate of drug-likeness (QED) is 0.760.